The van der Waals surface area contributed by atoms with Crippen molar-refractivity contribution in [3.05, 3.63) is 35.0 Å². The van der Waals surface area contributed by atoms with E-state index < -0.39 is 23.7 Å². The van der Waals surface area contributed by atoms with Gasteiger partial charge in [-0.25, -0.2) is 9.59 Å². The monoisotopic (exact) mass is 389 g/mol. The second kappa shape index (κ2) is 8.30. The molecule has 0 radical (unpaired) electrons. The SMILES string of the molecule is CCOc1ccc(C(F)(F)F)cc1N1COCC(C(=O)OC)=C1C(=O)OC. The van der Waals surface area contributed by atoms with Crippen molar-refractivity contribution in [2.24, 2.45) is 0 Å². The molecule has 0 bridgehead atoms. The molecule has 148 valence electrons. The number of methoxy groups -OCH3 is 2. The summed E-state index contributed by atoms with van der Waals surface area (Å²) in [6.45, 7) is 1.29. The van der Waals surface area contributed by atoms with Crippen molar-refractivity contribution in [2.75, 3.05) is 39.1 Å². The number of carbonyl (C=O) groups excluding carboxylic acids is 2. The molecule has 2 rings (SSSR count). The number of anilines is 1. The Labute approximate surface area is 153 Å². The first-order valence-electron chi connectivity index (χ1n) is 7.83. The number of carbonyl (C=O) groups is 2. The first-order valence-corrected chi connectivity index (χ1v) is 7.83. The standard InChI is InChI=1S/C17H18F3NO6/c1-4-27-13-6-5-10(17(18,19)20)7-12(13)21-9-26-8-11(15(22)24-2)14(21)16(23)25-3/h5-7H,4,8-9H2,1-3H3. The van der Waals surface area contributed by atoms with Crippen LogP contribution >= 0.6 is 0 Å². The highest BCUT2D eigenvalue weighted by Crippen LogP contribution is 2.39. The molecule has 10 heteroatoms. The molecule has 1 aromatic carbocycles. The fourth-order valence-electron chi connectivity index (χ4n) is 2.52. The Morgan fingerprint density at radius 1 is 1.19 bits per heavy atom. The van der Waals surface area contributed by atoms with Crippen LogP contribution in [0.1, 0.15) is 12.5 Å². The summed E-state index contributed by atoms with van der Waals surface area (Å²) in [7, 11) is 2.20. The smallest absolute Gasteiger partial charge is 0.416 e. The number of rotatable bonds is 5. The summed E-state index contributed by atoms with van der Waals surface area (Å²) < 4.78 is 59.5. The van der Waals surface area contributed by atoms with E-state index >= 15 is 0 Å². The molecule has 1 aliphatic heterocycles. The minimum absolute atomic E-state index is 0.0848. The summed E-state index contributed by atoms with van der Waals surface area (Å²) >= 11 is 0. The summed E-state index contributed by atoms with van der Waals surface area (Å²) in [5.74, 6) is -1.69. The molecule has 0 atom stereocenters. The van der Waals surface area contributed by atoms with Gasteiger partial charge >= 0.3 is 18.1 Å². The van der Waals surface area contributed by atoms with Gasteiger partial charge in [0.15, 0.2) is 0 Å². The van der Waals surface area contributed by atoms with Gasteiger partial charge in [0.05, 0.1) is 44.3 Å². The van der Waals surface area contributed by atoms with Gasteiger partial charge in [0.25, 0.3) is 0 Å². The van der Waals surface area contributed by atoms with Crippen LogP contribution < -0.4 is 9.64 Å². The van der Waals surface area contributed by atoms with Crippen LogP contribution in [0.15, 0.2) is 29.5 Å². The van der Waals surface area contributed by atoms with Crippen molar-refractivity contribution in [3.8, 4) is 5.75 Å². The molecule has 1 aromatic rings. The van der Waals surface area contributed by atoms with Crippen molar-refractivity contribution in [1.29, 1.82) is 0 Å². The van der Waals surface area contributed by atoms with E-state index in [0.29, 0.717) is 0 Å². The van der Waals surface area contributed by atoms with E-state index in [1.165, 1.54) is 0 Å². The molecule has 0 amide bonds. The third-order valence-electron chi connectivity index (χ3n) is 3.71. The summed E-state index contributed by atoms with van der Waals surface area (Å²) in [6, 6.07) is 2.82. The lowest BCUT2D eigenvalue weighted by Gasteiger charge is -2.32. The lowest BCUT2D eigenvalue weighted by Crippen LogP contribution is -2.39. The molecular weight excluding hydrogens is 371 g/mol. The van der Waals surface area contributed by atoms with E-state index in [4.69, 9.17) is 14.2 Å². The van der Waals surface area contributed by atoms with Crippen LogP contribution in [0.5, 0.6) is 5.75 Å². The molecule has 27 heavy (non-hydrogen) atoms. The van der Waals surface area contributed by atoms with Crippen LogP contribution in [-0.2, 0) is 30.0 Å². The van der Waals surface area contributed by atoms with Crippen LogP contribution in [-0.4, -0.2) is 46.1 Å². The molecule has 1 aliphatic rings. The normalized spacial score (nSPS) is 14.8. The largest absolute Gasteiger partial charge is 0.492 e. The highest BCUT2D eigenvalue weighted by Gasteiger charge is 2.36. The fourth-order valence-corrected chi connectivity index (χ4v) is 2.52. The first kappa shape index (κ1) is 20.6. The Hall–Kier alpha value is -2.75. The van der Waals surface area contributed by atoms with Crippen molar-refractivity contribution >= 4 is 17.6 Å². The van der Waals surface area contributed by atoms with Gasteiger partial charge in [-0.2, -0.15) is 13.2 Å². The average molecular weight is 389 g/mol. The van der Waals surface area contributed by atoms with Gasteiger partial charge < -0.3 is 23.8 Å². The van der Waals surface area contributed by atoms with Gasteiger partial charge in [0, 0.05) is 0 Å². The Morgan fingerprint density at radius 2 is 1.85 bits per heavy atom. The van der Waals surface area contributed by atoms with Crippen LogP contribution in [0.2, 0.25) is 0 Å². The van der Waals surface area contributed by atoms with Crippen LogP contribution in [0.3, 0.4) is 0 Å². The molecular formula is C17H18F3NO6. The Kier molecular flexibility index (Phi) is 6.32. The maximum atomic E-state index is 13.2. The topological polar surface area (TPSA) is 74.3 Å². The summed E-state index contributed by atoms with van der Waals surface area (Å²) in [6.07, 6.45) is -4.61. The molecule has 0 aliphatic carbocycles. The third-order valence-corrected chi connectivity index (χ3v) is 3.71. The van der Waals surface area contributed by atoms with E-state index in [0.717, 1.165) is 37.3 Å². The molecule has 7 nitrogen and oxygen atoms in total. The zero-order valence-corrected chi connectivity index (χ0v) is 14.9. The number of hydrogen-bond acceptors (Lipinski definition) is 7. The van der Waals surface area contributed by atoms with Crippen LogP contribution in [0, 0.1) is 0 Å². The third kappa shape index (κ3) is 4.33. The molecule has 0 fully saturated rings. The van der Waals surface area contributed by atoms with E-state index in [9.17, 15) is 22.8 Å². The second-order valence-corrected chi connectivity index (χ2v) is 5.33. The number of nitrogens with zero attached hydrogens (tertiary/aromatic N) is 1. The number of hydrogen-bond donors (Lipinski definition) is 0. The van der Waals surface area contributed by atoms with Gasteiger partial charge in [-0.05, 0) is 25.1 Å². The predicted molar refractivity (Wildman–Crippen MR) is 87.0 cm³/mol. The maximum Gasteiger partial charge on any atom is 0.416 e. The Morgan fingerprint density at radius 3 is 2.41 bits per heavy atom. The predicted octanol–water partition coefficient (Wildman–Crippen LogP) is 2.50. The molecule has 0 spiro atoms. The van der Waals surface area contributed by atoms with Gasteiger partial charge in [0.1, 0.15) is 18.2 Å². The summed E-state index contributed by atoms with van der Waals surface area (Å²) in [4.78, 5) is 25.4. The lowest BCUT2D eigenvalue weighted by atomic mass is 10.1. The molecule has 1 heterocycles. The van der Waals surface area contributed by atoms with Gasteiger partial charge in [0.2, 0.25) is 0 Å². The van der Waals surface area contributed by atoms with Crippen LogP contribution in [0.25, 0.3) is 0 Å². The van der Waals surface area contributed by atoms with Gasteiger partial charge in [-0.15, -0.1) is 0 Å². The number of halogens is 3. The molecule has 0 unspecified atom stereocenters. The lowest BCUT2D eigenvalue weighted by molar-refractivity contribution is -0.140. The number of ether oxygens (including phenoxy) is 4. The minimum Gasteiger partial charge on any atom is -0.492 e. The minimum atomic E-state index is -4.61. The summed E-state index contributed by atoms with van der Waals surface area (Å²) in [5, 5.41) is 0. The van der Waals surface area contributed by atoms with Gasteiger partial charge in [-0.3, -0.25) is 0 Å². The Bertz CT molecular complexity index is 760. The van der Waals surface area contributed by atoms with Crippen molar-refractivity contribution < 1.29 is 41.7 Å². The molecule has 0 aromatic heterocycles. The zero-order valence-electron chi connectivity index (χ0n) is 14.9. The number of benzene rings is 1. The highest BCUT2D eigenvalue weighted by atomic mass is 19.4. The summed E-state index contributed by atoms with van der Waals surface area (Å²) in [5.41, 5.74) is -1.48. The van der Waals surface area contributed by atoms with Crippen molar-refractivity contribution in [2.45, 2.75) is 13.1 Å². The fraction of sp³-hybridized carbons (Fsp3) is 0.412. The van der Waals surface area contributed by atoms with Crippen molar-refractivity contribution in [3.63, 3.8) is 0 Å². The van der Waals surface area contributed by atoms with Crippen molar-refractivity contribution in [1.82, 2.24) is 0 Å². The Balaban J connectivity index is 2.68. The number of esters is 2. The van der Waals surface area contributed by atoms with Gasteiger partial charge in [-0.1, -0.05) is 0 Å². The van der Waals surface area contributed by atoms with E-state index in [-0.39, 0.29) is 42.7 Å². The van der Waals surface area contributed by atoms with Crippen LogP contribution in [0.4, 0.5) is 18.9 Å². The van der Waals surface area contributed by atoms with E-state index in [1.807, 2.05) is 0 Å². The first-order chi connectivity index (χ1) is 12.7. The molecule has 0 N–H and O–H groups in total. The zero-order chi connectivity index (χ0) is 20.2. The molecule has 0 saturated heterocycles. The highest BCUT2D eigenvalue weighted by molar-refractivity contribution is 6.03. The van der Waals surface area contributed by atoms with E-state index in [2.05, 4.69) is 4.74 Å². The maximum absolute atomic E-state index is 13.2. The molecule has 0 saturated carbocycles. The second-order valence-electron chi connectivity index (χ2n) is 5.33. The number of alkyl halides is 3. The van der Waals surface area contributed by atoms with E-state index in [1.54, 1.807) is 6.92 Å². The average Bonchev–Trinajstić information content (AvgIpc) is 2.65. The quantitative estimate of drug-likeness (QED) is 0.717.